The van der Waals surface area contributed by atoms with Gasteiger partial charge in [-0.25, -0.2) is 0 Å². The molecule has 7 nitrogen and oxygen atoms in total. The Morgan fingerprint density at radius 3 is 3.00 bits per heavy atom. The topological polar surface area (TPSA) is 71.4 Å². The van der Waals surface area contributed by atoms with Crippen molar-refractivity contribution in [2.24, 2.45) is 0 Å². The van der Waals surface area contributed by atoms with Crippen LogP contribution in [-0.2, 0) is 15.1 Å². The van der Waals surface area contributed by atoms with E-state index in [-0.39, 0.29) is 11.9 Å². The van der Waals surface area contributed by atoms with Gasteiger partial charge in [-0.3, -0.25) is 14.4 Å². The van der Waals surface area contributed by atoms with Crippen molar-refractivity contribution in [1.82, 2.24) is 25.3 Å². The third-order valence-electron chi connectivity index (χ3n) is 5.02. The molecule has 0 radical (unpaired) electrons. The normalized spacial score (nSPS) is 24.7. The van der Waals surface area contributed by atoms with Crippen LogP contribution in [0.1, 0.15) is 19.3 Å². The number of hydrogen-bond donors (Lipinski definition) is 2. The molecule has 128 valence electrons. The minimum Gasteiger partial charge on any atom is -0.383 e. The summed E-state index contributed by atoms with van der Waals surface area (Å²) in [5.41, 5.74) is -0.547. The Kier molecular flexibility index (Phi) is 5.30. The van der Waals surface area contributed by atoms with Crippen molar-refractivity contribution in [2.75, 3.05) is 46.4 Å². The summed E-state index contributed by atoms with van der Waals surface area (Å²) in [5, 5.41) is 11.0. The van der Waals surface area contributed by atoms with Crippen LogP contribution in [0.3, 0.4) is 0 Å². The zero-order chi connectivity index (χ0) is 16.1. The molecule has 2 aliphatic heterocycles. The number of methoxy groups -OCH3 is 1. The van der Waals surface area contributed by atoms with Crippen LogP contribution < -0.4 is 10.6 Å². The second-order valence-electron chi connectivity index (χ2n) is 6.48. The molecule has 0 bridgehead atoms. The minimum atomic E-state index is -0.547. The molecule has 1 aromatic rings. The highest BCUT2D eigenvalue weighted by Gasteiger charge is 2.43. The van der Waals surface area contributed by atoms with Gasteiger partial charge in [-0.05, 0) is 38.4 Å². The molecule has 2 fully saturated rings. The number of aromatic nitrogens is 2. The van der Waals surface area contributed by atoms with Gasteiger partial charge in [-0.15, -0.1) is 0 Å². The summed E-state index contributed by atoms with van der Waals surface area (Å²) in [6.45, 7) is 5.28. The van der Waals surface area contributed by atoms with Crippen LogP contribution in [0.15, 0.2) is 18.5 Å². The highest BCUT2D eigenvalue weighted by Crippen LogP contribution is 2.27. The van der Waals surface area contributed by atoms with Crippen LogP contribution in [0.4, 0.5) is 0 Å². The first-order valence-electron chi connectivity index (χ1n) is 8.48. The molecular formula is C16H27N5O2. The van der Waals surface area contributed by atoms with Gasteiger partial charge in [-0.1, -0.05) is 0 Å². The molecule has 3 rings (SSSR count). The fourth-order valence-corrected chi connectivity index (χ4v) is 3.62. The molecule has 3 heterocycles. The number of hydrogen-bond acceptors (Lipinski definition) is 5. The summed E-state index contributed by atoms with van der Waals surface area (Å²) in [6, 6.07) is 2.11. The standard InChI is InChI=1S/C16H27N5O2/c1-23-12-11-20-10-3-14(13-20)19-15(22)16(4-7-17-8-5-16)21-9-2-6-18-21/h2,6,9,14,17H,3-5,7-8,10-13H2,1H3,(H,19,22). The average Bonchev–Trinajstić information content (AvgIpc) is 3.25. The predicted molar refractivity (Wildman–Crippen MR) is 87.2 cm³/mol. The lowest BCUT2D eigenvalue weighted by atomic mass is 9.87. The van der Waals surface area contributed by atoms with E-state index < -0.39 is 5.54 Å². The summed E-state index contributed by atoms with van der Waals surface area (Å²) >= 11 is 0. The quantitative estimate of drug-likeness (QED) is 0.759. The number of likely N-dealkylation sites (tertiary alicyclic amines) is 1. The van der Waals surface area contributed by atoms with Crippen molar-refractivity contribution in [1.29, 1.82) is 0 Å². The molecule has 1 aromatic heterocycles. The highest BCUT2D eigenvalue weighted by molar-refractivity contribution is 5.84. The summed E-state index contributed by atoms with van der Waals surface area (Å²) in [7, 11) is 1.72. The zero-order valence-electron chi connectivity index (χ0n) is 13.8. The molecule has 0 spiro atoms. The van der Waals surface area contributed by atoms with Gasteiger partial charge in [0, 0.05) is 45.2 Å². The van der Waals surface area contributed by atoms with Crippen molar-refractivity contribution in [3.8, 4) is 0 Å². The van der Waals surface area contributed by atoms with Crippen LogP contribution in [-0.4, -0.2) is 73.1 Å². The Balaban J connectivity index is 1.63. The predicted octanol–water partition coefficient (Wildman–Crippen LogP) is -0.201. The second-order valence-corrected chi connectivity index (χ2v) is 6.48. The molecule has 1 amide bonds. The summed E-state index contributed by atoms with van der Waals surface area (Å²) < 4.78 is 6.98. The van der Waals surface area contributed by atoms with E-state index in [1.165, 1.54) is 0 Å². The van der Waals surface area contributed by atoms with Gasteiger partial charge in [0.15, 0.2) is 0 Å². The fourth-order valence-electron chi connectivity index (χ4n) is 3.62. The van der Waals surface area contributed by atoms with E-state index in [1.807, 2.05) is 16.9 Å². The molecule has 2 N–H and O–H groups in total. The number of ether oxygens (including phenoxy) is 1. The van der Waals surface area contributed by atoms with Gasteiger partial charge in [0.2, 0.25) is 5.91 Å². The molecule has 7 heteroatoms. The molecule has 1 atom stereocenters. The first kappa shape index (κ1) is 16.4. The van der Waals surface area contributed by atoms with Crippen LogP contribution >= 0.6 is 0 Å². The maximum absolute atomic E-state index is 13.1. The zero-order valence-corrected chi connectivity index (χ0v) is 13.8. The third kappa shape index (κ3) is 3.57. The molecular weight excluding hydrogens is 294 g/mol. The lowest BCUT2D eigenvalue weighted by molar-refractivity contribution is -0.132. The van der Waals surface area contributed by atoms with Gasteiger partial charge >= 0.3 is 0 Å². The monoisotopic (exact) mass is 321 g/mol. The lowest BCUT2D eigenvalue weighted by Gasteiger charge is -2.37. The van der Waals surface area contributed by atoms with Crippen molar-refractivity contribution in [3.05, 3.63) is 18.5 Å². The summed E-state index contributed by atoms with van der Waals surface area (Å²) in [6.07, 6.45) is 6.22. The van der Waals surface area contributed by atoms with Crippen LogP contribution in [0.25, 0.3) is 0 Å². The van der Waals surface area contributed by atoms with E-state index in [2.05, 4.69) is 20.6 Å². The van der Waals surface area contributed by atoms with E-state index in [9.17, 15) is 4.79 Å². The minimum absolute atomic E-state index is 0.112. The number of piperidine rings is 1. The van der Waals surface area contributed by atoms with Gasteiger partial charge in [0.05, 0.1) is 6.61 Å². The van der Waals surface area contributed by atoms with E-state index in [0.717, 1.165) is 58.6 Å². The number of carbonyl (C=O) groups excluding carboxylic acids is 1. The SMILES string of the molecule is COCCN1CCC(NC(=O)C2(n3cccn3)CCNCC2)C1. The third-order valence-corrected chi connectivity index (χ3v) is 5.02. The maximum Gasteiger partial charge on any atom is 0.248 e. The number of nitrogens with one attached hydrogen (secondary N) is 2. The Morgan fingerprint density at radius 2 is 2.30 bits per heavy atom. The first-order valence-corrected chi connectivity index (χ1v) is 8.48. The Morgan fingerprint density at radius 1 is 1.48 bits per heavy atom. The van der Waals surface area contributed by atoms with Gasteiger partial charge in [0.1, 0.15) is 5.54 Å². The van der Waals surface area contributed by atoms with Crippen LogP contribution in [0, 0.1) is 0 Å². The van der Waals surface area contributed by atoms with E-state index in [4.69, 9.17) is 4.74 Å². The van der Waals surface area contributed by atoms with Crippen molar-refractivity contribution in [2.45, 2.75) is 30.8 Å². The van der Waals surface area contributed by atoms with Crippen molar-refractivity contribution >= 4 is 5.91 Å². The van der Waals surface area contributed by atoms with E-state index >= 15 is 0 Å². The largest absolute Gasteiger partial charge is 0.383 e. The van der Waals surface area contributed by atoms with Crippen molar-refractivity contribution in [3.63, 3.8) is 0 Å². The molecule has 0 aromatic carbocycles. The highest BCUT2D eigenvalue weighted by atomic mass is 16.5. The van der Waals surface area contributed by atoms with Gasteiger partial charge < -0.3 is 15.4 Å². The maximum atomic E-state index is 13.1. The molecule has 2 aliphatic rings. The summed E-state index contributed by atoms with van der Waals surface area (Å²) in [5.74, 6) is 0.112. The lowest BCUT2D eigenvalue weighted by Crippen LogP contribution is -2.56. The van der Waals surface area contributed by atoms with Crippen LogP contribution in [0.5, 0.6) is 0 Å². The summed E-state index contributed by atoms with van der Waals surface area (Å²) in [4.78, 5) is 15.4. The number of rotatable bonds is 6. The van der Waals surface area contributed by atoms with Crippen molar-refractivity contribution < 1.29 is 9.53 Å². The fraction of sp³-hybridized carbons (Fsp3) is 0.750. The molecule has 2 saturated heterocycles. The molecule has 1 unspecified atom stereocenters. The number of amides is 1. The second kappa shape index (κ2) is 7.42. The van der Waals surface area contributed by atoms with Gasteiger partial charge in [-0.2, -0.15) is 5.10 Å². The van der Waals surface area contributed by atoms with Crippen LogP contribution in [0.2, 0.25) is 0 Å². The van der Waals surface area contributed by atoms with E-state index in [1.54, 1.807) is 13.3 Å². The molecule has 0 aliphatic carbocycles. The van der Waals surface area contributed by atoms with Gasteiger partial charge in [0.25, 0.3) is 0 Å². The Bertz CT molecular complexity index is 499. The smallest absolute Gasteiger partial charge is 0.248 e. The average molecular weight is 321 g/mol. The number of nitrogens with zero attached hydrogens (tertiary/aromatic N) is 3. The van der Waals surface area contributed by atoms with E-state index in [0.29, 0.717) is 0 Å². The Hall–Kier alpha value is -1.44. The molecule has 0 saturated carbocycles. The number of carbonyl (C=O) groups is 1. The Labute approximate surface area is 137 Å². The first-order chi connectivity index (χ1) is 11.2. The molecule has 23 heavy (non-hydrogen) atoms.